The molecule has 17 heavy (non-hydrogen) atoms. The third-order valence-electron chi connectivity index (χ3n) is 4.96. The Morgan fingerprint density at radius 2 is 1.76 bits per heavy atom. The Bertz CT molecular complexity index is 315. The minimum atomic E-state index is 0.256. The highest BCUT2D eigenvalue weighted by molar-refractivity contribution is 7.80. The summed E-state index contributed by atoms with van der Waals surface area (Å²) < 4.78 is 0. The Kier molecular flexibility index (Phi) is 2.85. The molecule has 0 spiro atoms. The monoisotopic (exact) mass is 251 g/mol. The van der Waals surface area contributed by atoms with E-state index in [0.29, 0.717) is 5.41 Å². The van der Waals surface area contributed by atoms with E-state index < -0.39 is 0 Å². The summed E-state index contributed by atoms with van der Waals surface area (Å²) in [6.45, 7) is 0. The van der Waals surface area contributed by atoms with Crippen LogP contribution in [-0.2, 0) is 0 Å². The summed E-state index contributed by atoms with van der Waals surface area (Å²) in [5.74, 6) is 3.04. The van der Waals surface area contributed by atoms with E-state index in [1.165, 1.54) is 38.5 Å². The van der Waals surface area contributed by atoms with Crippen molar-refractivity contribution < 1.29 is 0 Å². The third-order valence-corrected chi connectivity index (χ3v) is 5.05. The number of hydrogen-bond donors (Lipinski definition) is 2. The van der Waals surface area contributed by atoms with Gasteiger partial charge in [0.2, 0.25) is 0 Å². The maximum absolute atomic E-state index is 5.35. The molecule has 0 heterocycles. The van der Waals surface area contributed by atoms with Gasteiger partial charge in [0.1, 0.15) is 0 Å². The fourth-order valence-electron chi connectivity index (χ4n) is 4.89. The lowest BCUT2D eigenvalue weighted by molar-refractivity contribution is -0.0476. The summed E-state index contributed by atoms with van der Waals surface area (Å²) in [7, 11) is 0. The van der Waals surface area contributed by atoms with Crippen LogP contribution in [0.5, 0.6) is 0 Å². The molecule has 4 heteroatoms. The smallest absolute Gasteiger partial charge is 0.184 e. The molecule has 3 nitrogen and oxygen atoms in total. The van der Waals surface area contributed by atoms with E-state index in [4.69, 9.17) is 18.0 Å². The molecule has 4 bridgehead atoms. The van der Waals surface area contributed by atoms with Crippen LogP contribution in [0.3, 0.4) is 0 Å². The lowest BCUT2D eigenvalue weighted by Gasteiger charge is -2.56. The molecule has 94 valence electrons. The Morgan fingerprint density at radius 1 is 1.24 bits per heavy atom. The summed E-state index contributed by atoms with van der Waals surface area (Å²) >= 11 is 4.73. The molecule has 0 amide bonds. The van der Waals surface area contributed by atoms with Gasteiger partial charge in [0, 0.05) is 6.21 Å². The van der Waals surface area contributed by atoms with E-state index in [1.807, 2.05) is 6.21 Å². The Morgan fingerprint density at radius 3 is 2.24 bits per heavy atom. The van der Waals surface area contributed by atoms with Crippen LogP contribution in [0.25, 0.3) is 0 Å². The van der Waals surface area contributed by atoms with Gasteiger partial charge in [-0.15, -0.1) is 0 Å². The van der Waals surface area contributed by atoms with E-state index in [-0.39, 0.29) is 5.11 Å². The van der Waals surface area contributed by atoms with Crippen molar-refractivity contribution in [1.82, 2.24) is 5.43 Å². The van der Waals surface area contributed by atoms with Gasteiger partial charge < -0.3 is 5.73 Å². The quantitative estimate of drug-likeness (QED) is 0.460. The number of nitrogens with two attached hydrogens (primary N) is 1. The molecular formula is C13H21N3S. The first-order valence-electron chi connectivity index (χ1n) is 6.72. The zero-order valence-electron chi connectivity index (χ0n) is 10.2. The normalized spacial score (nSPS) is 43.2. The van der Waals surface area contributed by atoms with E-state index in [0.717, 1.165) is 24.2 Å². The summed E-state index contributed by atoms with van der Waals surface area (Å²) in [6.07, 6.45) is 11.9. The molecular weight excluding hydrogens is 230 g/mol. The predicted molar refractivity (Wildman–Crippen MR) is 73.6 cm³/mol. The van der Waals surface area contributed by atoms with Crippen molar-refractivity contribution in [2.75, 3.05) is 0 Å². The summed E-state index contributed by atoms with van der Waals surface area (Å²) in [5.41, 5.74) is 8.57. The number of nitrogens with one attached hydrogen (secondary N) is 1. The lowest BCUT2D eigenvalue weighted by Crippen LogP contribution is -2.46. The second kappa shape index (κ2) is 4.23. The molecule has 0 aromatic heterocycles. The van der Waals surface area contributed by atoms with Crippen molar-refractivity contribution in [2.24, 2.45) is 34.0 Å². The van der Waals surface area contributed by atoms with E-state index >= 15 is 0 Å². The van der Waals surface area contributed by atoms with Gasteiger partial charge in [-0.05, 0) is 80.3 Å². The van der Waals surface area contributed by atoms with Crippen LogP contribution < -0.4 is 11.2 Å². The number of hydrazone groups is 1. The average Bonchev–Trinajstić information content (AvgIpc) is 2.22. The number of rotatable bonds is 3. The van der Waals surface area contributed by atoms with Gasteiger partial charge in [-0.3, -0.25) is 5.43 Å². The van der Waals surface area contributed by atoms with Crippen molar-refractivity contribution in [3.05, 3.63) is 0 Å². The lowest BCUT2D eigenvalue weighted by atomic mass is 9.49. The summed E-state index contributed by atoms with van der Waals surface area (Å²) in [5, 5.41) is 4.36. The number of thiocarbonyl (C=S) groups is 1. The van der Waals surface area contributed by atoms with Gasteiger partial charge in [0.25, 0.3) is 0 Å². The van der Waals surface area contributed by atoms with Crippen molar-refractivity contribution >= 4 is 23.5 Å². The third kappa shape index (κ3) is 2.32. The average molecular weight is 251 g/mol. The molecule has 0 aromatic carbocycles. The molecule has 4 fully saturated rings. The van der Waals surface area contributed by atoms with Crippen molar-refractivity contribution in [2.45, 2.75) is 44.9 Å². The van der Waals surface area contributed by atoms with E-state index in [2.05, 4.69) is 10.5 Å². The molecule has 0 aliphatic heterocycles. The van der Waals surface area contributed by atoms with Gasteiger partial charge in [-0.2, -0.15) is 5.10 Å². The summed E-state index contributed by atoms with van der Waals surface area (Å²) in [4.78, 5) is 0. The van der Waals surface area contributed by atoms with Crippen LogP contribution in [0, 0.1) is 23.2 Å². The maximum atomic E-state index is 5.35. The van der Waals surface area contributed by atoms with E-state index in [1.54, 1.807) is 0 Å². The minimum Gasteiger partial charge on any atom is -0.375 e. The zero-order valence-corrected chi connectivity index (χ0v) is 11.0. The van der Waals surface area contributed by atoms with Crippen LogP contribution >= 0.6 is 12.2 Å². The van der Waals surface area contributed by atoms with Crippen molar-refractivity contribution in [3.8, 4) is 0 Å². The highest BCUT2D eigenvalue weighted by Gasteiger charge is 2.50. The molecule has 0 radical (unpaired) electrons. The Hall–Kier alpha value is -0.640. The van der Waals surface area contributed by atoms with E-state index in [9.17, 15) is 0 Å². The standard InChI is InChI=1S/C13H21N3S/c14-12(17)16-15-2-1-13-6-9-3-10(7-13)5-11(4-9)8-13/h2,9-11H,1,3-8H2,(H3,14,16,17)/b15-2-. The topological polar surface area (TPSA) is 50.4 Å². The molecule has 4 aliphatic carbocycles. The number of hydrogen-bond acceptors (Lipinski definition) is 2. The van der Waals surface area contributed by atoms with Gasteiger partial charge >= 0.3 is 0 Å². The van der Waals surface area contributed by atoms with Crippen LogP contribution in [0.2, 0.25) is 0 Å². The molecule has 4 rings (SSSR count). The molecule has 0 saturated heterocycles. The molecule has 0 unspecified atom stereocenters. The van der Waals surface area contributed by atoms with Crippen LogP contribution in [-0.4, -0.2) is 11.3 Å². The van der Waals surface area contributed by atoms with Crippen LogP contribution in [0.15, 0.2) is 5.10 Å². The van der Waals surface area contributed by atoms with Crippen LogP contribution in [0.1, 0.15) is 44.9 Å². The first-order valence-corrected chi connectivity index (χ1v) is 7.13. The van der Waals surface area contributed by atoms with Gasteiger partial charge in [0.05, 0.1) is 0 Å². The first kappa shape index (κ1) is 11.5. The highest BCUT2D eigenvalue weighted by Crippen LogP contribution is 2.61. The fourth-order valence-corrected chi connectivity index (χ4v) is 4.94. The first-order chi connectivity index (χ1) is 8.15. The minimum absolute atomic E-state index is 0.256. The zero-order chi connectivity index (χ0) is 11.9. The molecule has 4 aliphatic rings. The van der Waals surface area contributed by atoms with Crippen LogP contribution in [0.4, 0.5) is 0 Å². The van der Waals surface area contributed by atoms with Gasteiger partial charge in [0.15, 0.2) is 5.11 Å². The molecule has 3 N–H and O–H groups in total. The SMILES string of the molecule is NC(=S)N/N=C\CC12CC3CC(CC(C3)C1)C2. The maximum Gasteiger partial charge on any atom is 0.184 e. The molecule has 0 aromatic rings. The van der Waals surface area contributed by atoms with Crippen molar-refractivity contribution in [1.29, 1.82) is 0 Å². The molecule has 4 saturated carbocycles. The second-order valence-electron chi connectivity index (χ2n) is 6.41. The summed E-state index contributed by atoms with van der Waals surface area (Å²) in [6, 6.07) is 0. The van der Waals surface area contributed by atoms with Crippen molar-refractivity contribution in [3.63, 3.8) is 0 Å². The van der Waals surface area contributed by atoms with Gasteiger partial charge in [-0.25, -0.2) is 0 Å². The Balaban J connectivity index is 1.62. The highest BCUT2D eigenvalue weighted by atomic mass is 32.1. The second-order valence-corrected chi connectivity index (χ2v) is 6.85. The Labute approximate surface area is 108 Å². The molecule has 0 atom stereocenters. The fraction of sp³-hybridized carbons (Fsp3) is 0.846. The van der Waals surface area contributed by atoms with Gasteiger partial charge in [-0.1, -0.05) is 0 Å². The largest absolute Gasteiger partial charge is 0.375 e. The number of nitrogens with zero attached hydrogens (tertiary/aromatic N) is 1. The predicted octanol–water partition coefficient (Wildman–Crippen LogP) is 2.41.